The van der Waals surface area contributed by atoms with E-state index in [-0.39, 0.29) is 6.54 Å². The van der Waals surface area contributed by atoms with Gasteiger partial charge >= 0.3 is 6.09 Å². The van der Waals surface area contributed by atoms with Crippen molar-refractivity contribution in [3.8, 4) is 0 Å². The van der Waals surface area contributed by atoms with Crippen molar-refractivity contribution in [2.24, 2.45) is 0 Å². The second-order valence-electron chi connectivity index (χ2n) is 3.09. The van der Waals surface area contributed by atoms with Crippen molar-refractivity contribution < 1.29 is 9.90 Å². The molecule has 0 aliphatic rings. The van der Waals surface area contributed by atoms with E-state index in [2.05, 4.69) is 10.3 Å². The van der Waals surface area contributed by atoms with Crippen molar-refractivity contribution in [2.45, 2.75) is 20.4 Å². The first kappa shape index (κ1) is 10.3. The fraction of sp³-hybridized carbons (Fsp3) is 0.333. The Labute approximate surface area is 82.0 Å². The molecule has 0 radical (unpaired) electrons. The average Bonchev–Trinajstić information content (AvgIpc) is 2.01. The monoisotopic (exact) mass is 195 g/mol. The van der Waals surface area contributed by atoms with Gasteiger partial charge in [-0.2, -0.15) is 0 Å². The summed E-state index contributed by atoms with van der Waals surface area (Å²) in [5, 5.41) is 10.8. The number of nitrogen functional groups attached to an aromatic ring is 1. The molecule has 0 spiro atoms. The quantitative estimate of drug-likeness (QED) is 0.658. The van der Waals surface area contributed by atoms with Gasteiger partial charge in [-0.3, -0.25) is 0 Å². The number of nitrogens with zero attached hydrogens (tertiary/aromatic N) is 1. The Kier molecular flexibility index (Phi) is 2.91. The molecule has 5 nitrogen and oxygen atoms in total. The van der Waals surface area contributed by atoms with Gasteiger partial charge in [0.25, 0.3) is 0 Å². The number of rotatable bonds is 2. The van der Waals surface area contributed by atoms with Crippen molar-refractivity contribution in [3.05, 3.63) is 22.9 Å². The summed E-state index contributed by atoms with van der Waals surface area (Å²) in [4.78, 5) is 14.4. The second kappa shape index (κ2) is 3.95. The first-order valence-electron chi connectivity index (χ1n) is 4.20. The van der Waals surface area contributed by atoms with Crippen LogP contribution in [0.1, 0.15) is 16.8 Å². The minimum Gasteiger partial charge on any atom is -0.465 e. The molecular formula is C9H13N3O2. The number of nitrogens with one attached hydrogen (secondary N) is 1. The lowest BCUT2D eigenvalue weighted by atomic mass is 10.1. The van der Waals surface area contributed by atoms with Crippen LogP contribution in [0.5, 0.6) is 0 Å². The molecule has 0 saturated carbocycles. The molecule has 1 heterocycles. The highest BCUT2D eigenvalue weighted by atomic mass is 16.4. The van der Waals surface area contributed by atoms with Crippen LogP contribution in [0.2, 0.25) is 0 Å². The average molecular weight is 195 g/mol. The van der Waals surface area contributed by atoms with Crippen molar-refractivity contribution in [1.29, 1.82) is 0 Å². The smallest absolute Gasteiger partial charge is 0.404 e. The molecule has 1 rings (SSSR count). The van der Waals surface area contributed by atoms with E-state index in [1.807, 2.05) is 13.8 Å². The molecule has 76 valence electrons. The van der Waals surface area contributed by atoms with Crippen LogP contribution < -0.4 is 11.1 Å². The Bertz CT molecular complexity index is 340. The molecule has 0 bridgehead atoms. The zero-order valence-electron chi connectivity index (χ0n) is 8.16. The molecule has 1 aromatic rings. The van der Waals surface area contributed by atoms with E-state index in [0.717, 1.165) is 16.8 Å². The number of aryl methyl sites for hydroxylation is 2. The lowest BCUT2D eigenvalue weighted by Gasteiger charge is -2.09. The lowest BCUT2D eigenvalue weighted by Crippen LogP contribution is -2.21. The summed E-state index contributed by atoms with van der Waals surface area (Å²) in [7, 11) is 0. The van der Waals surface area contributed by atoms with E-state index >= 15 is 0 Å². The molecule has 0 saturated heterocycles. The number of aromatic nitrogens is 1. The van der Waals surface area contributed by atoms with Crippen molar-refractivity contribution in [1.82, 2.24) is 10.3 Å². The summed E-state index contributed by atoms with van der Waals surface area (Å²) in [5.74, 6) is 0.457. The number of carbonyl (C=O) groups is 1. The maximum Gasteiger partial charge on any atom is 0.404 e. The number of carboxylic acid groups (broad SMARTS) is 1. The summed E-state index contributed by atoms with van der Waals surface area (Å²) in [6.07, 6.45) is -1.04. The molecule has 0 aromatic carbocycles. The first-order chi connectivity index (χ1) is 6.50. The van der Waals surface area contributed by atoms with Crippen LogP contribution in [-0.2, 0) is 6.54 Å². The third-order valence-corrected chi connectivity index (χ3v) is 1.99. The van der Waals surface area contributed by atoms with Crippen LogP contribution in [0, 0.1) is 13.8 Å². The summed E-state index contributed by atoms with van der Waals surface area (Å²) in [5.41, 5.74) is 8.12. The summed E-state index contributed by atoms with van der Waals surface area (Å²) in [6.45, 7) is 3.95. The highest BCUT2D eigenvalue weighted by molar-refractivity contribution is 5.64. The largest absolute Gasteiger partial charge is 0.465 e. The van der Waals surface area contributed by atoms with Gasteiger partial charge in [-0.25, -0.2) is 9.78 Å². The molecule has 5 heteroatoms. The number of pyridine rings is 1. The number of anilines is 1. The number of hydrogen-bond acceptors (Lipinski definition) is 3. The van der Waals surface area contributed by atoms with Crippen LogP contribution >= 0.6 is 0 Å². The standard InChI is InChI=1S/C9H13N3O2/c1-5-3-8(10)12-6(2)7(5)4-11-9(13)14/h3,11H,4H2,1-2H3,(H2,10,12)(H,13,14). The second-order valence-corrected chi connectivity index (χ2v) is 3.09. The van der Waals surface area contributed by atoms with E-state index in [1.54, 1.807) is 6.07 Å². The Morgan fingerprint density at radius 2 is 2.29 bits per heavy atom. The predicted molar refractivity (Wildman–Crippen MR) is 53.0 cm³/mol. The van der Waals surface area contributed by atoms with E-state index in [1.165, 1.54) is 0 Å². The lowest BCUT2D eigenvalue weighted by molar-refractivity contribution is 0.194. The van der Waals surface area contributed by atoms with Crippen LogP contribution in [-0.4, -0.2) is 16.2 Å². The van der Waals surface area contributed by atoms with E-state index in [0.29, 0.717) is 5.82 Å². The molecule has 14 heavy (non-hydrogen) atoms. The molecule has 0 aliphatic heterocycles. The molecule has 0 atom stereocenters. The Morgan fingerprint density at radius 1 is 1.64 bits per heavy atom. The van der Waals surface area contributed by atoms with Crippen LogP contribution in [0.25, 0.3) is 0 Å². The van der Waals surface area contributed by atoms with E-state index in [9.17, 15) is 4.79 Å². The van der Waals surface area contributed by atoms with Gasteiger partial charge in [-0.15, -0.1) is 0 Å². The van der Waals surface area contributed by atoms with Crippen molar-refractivity contribution in [2.75, 3.05) is 5.73 Å². The highest BCUT2D eigenvalue weighted by Crippen LogP contribution is 2.13. The first-order valence-corrected chi connectivity index (χ1v) is 4.20. The fourth-order valence-corrected chi connectivity index (χ4v) is 1.32. The van der Waals surface area contributed by atoms with Crippen molar-refractivity contribution >= 4 is 11.9 Å². The molecule has 0 unspecified atom stereocenters. The van der Waals surface area contributed by atoms with Crippen LogP contribution in [0.15, 0.2) is 6.07 Å². The molecule has 0 aliphatic carbocycles. The highest BCUT2D eigenvalue weighted by Gasteiger charge is 2.06. The van der Waals surface area contributed by atoms with Gasteiger partial charge in [0, 0.05) is 12.2 Å². The minimum absolute atomic E-state index is 0.264. The van der Waals surface area contributed by atoms with Gasteiger partial charge in [0.15, 0.2) is 0 Å². The van der Waals surface area contributed by atoms with Crippen LogP contribution in [0.4, 0.5) is 10.6 Å². The summed E-state index contributed by atoms with van der Waals surface area (Å²) >= 11 is 0. The van der Waals surface area contributed by atoms with E-state index < -0.39 is 6.09 Å². The molecule has 0 fully saturated rings. The molecule has 1 aromatic heterocycles. The van der Waals surface area contributed by atoms with Gasteiger partial charge in [0.2, 0.25) is 0 Å². The van der Waals surface area contributed by atoms with Gasteiger partial charge < -0.3 is 16.2 Å². The minimum atomic E-state index is -1.04. The Hall–Kier alpha value is -1.78. The zero-order chi connectivity index (χ0) is 10.7. The van der Waals surface area contributed by atoms with E-state index in [4.69, 9.17) is 10.8 Å². The number of nitrogens with two attached hydrogens (primary N) is 1. The molecule has 4 N–H and O–H groups in total. The number of amides is 1. The summed E-state index contributed by atoms with van der Waals surface area (Å²) < 4.78 is 0. The fourth-order valence-electron chi connectivity index (χ4n) is 1.32. The van der Waals surface area contributed by atoms with Crippen molar-refractivity contribution in [3.63, 3.8) is 0 Å². The topological polar surface area (TPSA) is 88.2 Å². The SMILES string of the molecule is Cc1cc(N)nc(C)c1CNC(=O)O. The number of hydrogen-bond donors (Lipinski definition) is 3. The van der Waals surface area contributed by atoms with Crippen LogP contribution in [0.3, 0.4) is 0 Å². The molecule has 1 amide bonds. The Morgan fingerprint density at radius 3 is 2.79 bits per heavy atom. The van der Waals surface area contributed by atoms with Gasteiger partial charge in [0.1, 0.15) is 5.82 Å². The zero-order valence-corrected chi connectivity index (χ0v) is 8.16. The maximum atomic E-state index is 10.3. The molecular weight excluding hydrogens is 182 g/mol. The van der Waals surface area contributed by atoms with Gasteiger partial charge in [-0.05, 0) is 31.0 Å². The van der Waals surface area contributed by atoms with Gasteiger partial charge in [0.05, 0.1) is 0 Å². The predicted octanol–water partition coefficient (Wildman–Crippen LogP) is 1.05. The normalized spacial score (nSPS) is 9.86. The maximum absolute atomic E-state index is 10.3. The third-order valence-electron chi connectivity index (χ3n) is 1.99. The summed E-state index contributed by atoms with van der Waals surface area (Å²) in [6, 6.07) is 1.73. The van der Waals surface area contributed by atoms with Gasteiger partial charge in [-0.1, -0.05) is 0 Å². The Balaban J connectivity index is 2.91. The third kappa shape index (κ3) is 2.35.